The Bertz CT molecular complexity index is 1370. The molecular weight excluding hydrogens is 397 g/mol. The molecule has 0 aliphatic carbocycles. The smallest absolute Gasteiger partial charge is 0.361 e. The summed E-state index contributed by atoms with van der Waals surface area (Å²) in [4.78, 5) is 6.66. The van der Waals surface area contributed by atoms with Crippen LogP contribution < -0.4 is 4.99 Å². The molecule has 1 aromatic heterocycles. The van der Waals surface area contributed by atoms with Crippen LogP contribution in [-0.4, -0.2) is 11.2 Å². The van der Waals surface area contributed by atoms with Gasteiger partial charge in [0.1, 0.15) is 0 Å². The van der Waals surface area contributed by atoms with Crippen LogP contribution in [0.3, 0.4) is 0 Å². The second-order valence-corrected chi connectivity index (χ2v) is 7.85. The zero-order valence-electron chi connectivity index (χ0n) is 17.1. The molecule has 5 rings (SSSR count). The van der Waals surface area contributed by atoms with E-state index in [9.17, 15) is 13.2 Å². The molecule has 3 aromatic carbocycles. The SMILES string of the molecule is Cc1cccc2c1/C(=C(\c1ccc(C(F)(F)F)cc1)c1c[nH]c3cccc(C)c13)C=[NH+]2. The minimum Gasteiger partial charge on any atom is -0.361 e. The summed E-state index contributed by atoms with van der Waals surface area (Å²) in [5.74, 6) is 0. The molecule has 0 radical (unpaired) electrons. The molecule has 0 fully saturated rings. The van der Waals surface area contributed by atoms with Gasteiger partial charge in [-0.25, -0.2) is 4.99 Å². The molecule has 2 heterocycles. The van der Waals surface area contributed by atoms with Crippen molar-refractivity contribution in [2.45, 2.75) is 20.0 Å². The summed E-state index contributed by atoms with van der Waals surface area (Å²) in [7, 11) is 0. The lowest BCUT2D eigenvalue weighted by atomic mass is 9.87. The number of hydrogen-bond acceptors (Lipinski definition) is 0. The van der Waals surface area contributed by atoms with E-state index < -0.39 is 11.7 Å². The summed E-state index contributed by atoms with van der Waals surface area (Å²) in [5.41, 5.74) is 8.20. The van der Waals surface area contributed by atoms with Crippen LogP contribution in [0.25, 0.3) is 22.0 Å². The Morgan fingerprint density at radius 1 is 0.871 bits per heavy atom. The van der Waals surface area contributed by atoms with Gasteiger partial charge in [-0.15, -0.1) is 0 Å². The molecule has 154 valence electrons. The molecule has 0 spiro atoms. The fourth-order valence-electron chi connectivity index (χ4n) is 4.41. The highest BCUT2D eigenvalue weighted by molar-refractivity contribution is 6.25. The lowest BCUT2D eigenvalue weighted by molar-refractivity contribution is -0.342. The fraction of sp³-hybridized carbons (Fsp3) is 0.115. The number of aryl methyl sites for hydroxylation is 2. The molecule has 1 aliphatic heterocycles. The van der Waals surface area contributed by atoms with Crippen LogP contribution in [-0.2, 0) is 6.18 Å². The predicted molar refractivity (Wildman–Crippen MR) is 118 cm³/mol. The van der Waals surface area contributed by atoms with E-state index in [1.54, 1.807) is 12.1 Å². The largest absolute Gasteiger partial charge is 0.416 e. The maximum absolute atomic E-state index is 13.2. The molecule has 0 amide bonds. The molecule has 0 atom stereocenters. The normalized spacial score (nSPS) is 14.9. The monoisotopic (exact) mass is 417 g/mol. The minimum atomic E-state index is -4.37. The predicted octanol–water partition coefficient (Wildman–Crippen LogP) is 5.56. The van der Waals surface area contributed by atoms with Crippen molar-refractivity contribution in [3.63, 3.8) is 0 Å². The lowest BCUT2D eigenvalue weighted by Crippen LogP contribution is -2.58. The van der Waals surface area contributed by atoms with Crippen LogP contribution in [0.4, 0.5) is 18.9 Å². The summed E-state index contributed by atoms with van der Waals surface area (Å²) < 4.78 is 39.5. The van der Waals surface area contributed by atoms with E-state index in [0.717, 1.165) is 67.7 Å². The Hall–Kier alpha value is -3.60. The molecule has 0 bridgehead atoms. The third kappa shape index (κ3) is 3.17. The van der Waals surface area contributed by atoms with E-state index in [2.05, 4.69) is 9.98 Å². The quantitative estimate of drug-likeness (QED) is 0.428. The number of halogens is 3. The molecule has 0 saturated carbocycles. The standard InChI is InChI=1S/C26H19F3N2/c1-15-5-3-7-21-23(15)19(13-30-21)25(17-9-11-18(12-10-17)26(27,28)29)20-14-31-22-8-4-6-16(2)24(20)22/h3-14,30H,1-2H3/p+1/b25-20+. The first kappa shape index (κ1) is 19.4. The van der Waals surface area contributed by atoms with Gasteiger partial charge in [-0.05, 0) is 48.7 Å². The minimum absolute atomic E-state index is 0.652. The van der Waals surface area contributed by atoms with E-state index in [0.29, 0.717) is 0 Å². The van der Waals surface area contributed by atoms with Crippen molar-refractivity contribution in [2.75, 3.05) is 0 Å². The fourth-order valence-corrected chi connectivity index (χ4v) is 4.41. The average molecular weight is 417 g/mol. The van der Waals surface area contributed by atoms with Gasteiger partial charge in [0.05, 0.1) is 16.7 Å². The van der Waals surface area contributed by atoms with E-state index in [-0.39, 0.29) is 0 Å². The Kier molecular flexibility index (Phi) is 4.36. The van der Waals surface area contributed by atoms with Crippen molar-refractivity contribution in [1.29, 1.82) is 0 Å². The van der Waals surface area contributed by atoms with Crippen molar-refractivity contribution < 1.29 is 18.2 Å². The van der Waals surface area contributed by atoms with Crippen molar-refractivity contribution in [1.82, 2.24) is 4.98 Å². The maximum atomic E-state index is 13.2. The molecule has 5 heteroatoms. The van der Waals surface area contributed by atoms with Gasteiger partial charge in [-0.3, -0.25) is 0 Å². The Balaban J connectivity index is 1.83. The number of fused-ring (bicyclic) bond motifs is 2. The second kappa shape index (κ2) is 6.98. The second-order valence-electron chi connectivity index (χ2n) is 7.85. The van der Waals surface area contributed by atoms with Crippen molar-refractivity contribution in [3.8, 4) is 0 Å². The van der Waals surface area contributed by atoms with Crippen LogP contribution in [0.1, 0.15) is 33.4 Å². The maximum Gasteiger partial charge on any atom is 0.416 e. The number of H-pyrrole nitrogens is 1. The van der Waals surface area contributed by atoms with Gasteiger partial charge in [0.25, 0.3) is 0 Å². The van der Waals surface area contributed by atoms with Crippen molar-refractivity contribution >= 4 is 34.0 Å². The number of hydrogen-bond donors (Lipinski definition) is 2. The van der Waals surface area contributed by atoms with Crippen LogP contribution in [0.5, 0.6) is 0 Å². The topological polar surface area (TPSA) is 29.8 Å². The van der Waals surface area contributed by atoms with Crippen LogP contribution in [0.15, 0.2) is 66.9 Å². The summed E-state index contributed by atoms with van der Waals surface area (Å²) in [5, 5.41) is 1.07. The van der Waals surface area contributed by atoms with E-state index in [1.807, 2.05) is 62.7 Å². The molecule has 2 nitrogen and oxygen atoms in total. The van der Waals surface area contributed by atoms with E-state index in [4.69, 9.17) is 0 Å². The summed E-state index contributed by atoms with van der Waals surface area (Å²) >= 11 is 0. The average Bonchev–Trinajstić information content (AvgIpc) is 3.35. The number of alkyl halides is 3. The first-order valence-corrected chi connectivity index (χ1v) is 10.0. The molecule has 0 unspecified atom stereocenters. The third-order valence-electron chi connectivity index (χ3n) is 5.87. The Morgan fingerprint density at radius 2 is 1.58 bits per heavy atom. The van der Waals surface area contributed by atoms with Crippen LogP contribution >= 0.6 is 0 Å². The molecule has 2 N–H and O–H groups in total. The number of aromatic nitrogens is 1. The van der Waals surface area contributed by atoms with Crippen LogP contribution in [0, 0.1) is 13.8 Å². The first-order chi connectivity index (χ1) is 14.8. The Labute approximate surface area is 177 Å². The zero-order chi connectivity index (χ0) is 21.8. The molecule has 4 aromatic rings. The number of aromatic amines is 1. The summed E-state index contributed by atoms with van der Waals surface area (Å²) in [6.45, 7) is 4.09. The van der Waals surface area contributed by atoms with Gasteiger partial charge in [-0.1, -0.05) is 36.4 Å². The summed E-state index contributed by atoms with van der Waals surface area (Å²) in [6.07, 6.45) is -0.475. The lowest BCUT2D eigenvalue weighted by Gasteiger charge is -2.14. The number of benzene rings is 3. The zero-order valence-corrected chi connectivity index (χ0v) is 17.1. The summed E-state index contributed by atoms with van der Waals surface area (Å²) in [6, 6.07) is 17.5. The van der Waals surface area contributed by atoms with Gasteiger partial charge in [0.2, 0.25) is 5.69 Å². The van der Waals surface area contributed by atoms with Gasteiger partial charge >= 0.3 is 6.18 Å². The van der Waals surface area contributed by atoms with E-state index in [1.165, 1.54) is 0 Å². The highest BCUT2D eigenvalue weighted by Crippen LogP contribution is 2.40. The van der Waals surface area contributed by atoms with Gasteiger partial charge in [0, 0.05) is 34.3 Å². The van der Waals surface area contributed by atoms with Crippen LogP contribution in [0.2, 0.25) is 0 Å². The van der Waals surface area contributed by atoms with Gasteiger partial charge in [-0.2, -0.15) is 13.2 Å². The van der Waals surface area contributed by atoms with E-state index >= 15 is 0 Å². The molecule has 31 heavy (non-hydrogen) atoms. The molecule has 1 aliphatic rings. The number of allylic oxidation sites excluding steroid dienone is 1. The molecule has 0 saturated heterocycles. The van der Waals surface area contributed by atoms with Crippen molar-refractivity contribution in [3.05, 3.63) is 100 Å². The van der Waals surface area contributed by atoms with Gasteiger partial charge in [0.15, 0.2) is 6.21 Å². The van der Waals surface area contributed by atoms with Crippen molar-refractivity contribution in [2.24, 2.45) is 0 Å². The molecular formula is C26H20F3N2+. The Morgan fingerprint density at radius 3 is 2.32 bits per heavy atom. The highest BCUT2D eigenvalue weighted by atomic mass is 19.4. The van der Waals surface area contributed by atoms with Gasteiger partial charge < -0.3 is 4.98 Å². The highest BCUT2D eigenvalue weighted by Gasteiger charge is 2.31. The first-order valence-electron chi connectivity index (χ1n) is 10.0. The number of rotatable bonds is 2. The number of nitrogens with one attached hydrogen (secondary N) is 2. The third-order valence-corrected chi connectivity index (χ3v) is 5.87.